The Labute approximate surface area is 123 Å². The van der Waals surface area contributed by atoms with Crippen LogP contribution >= 0.6 is 0 Å². The summed E-state index contributed by atoms with van der Waals surface area (Å²) < 4.78 is 5.28. The van der Waals surface area contributed by atoms with Crippen LogP contribution in [0.4, 0.5) is 11.4 Å². The highest BCUT2D eigenvalue weighted by Gasteiger charge is 2.25. The number of amides is 2. The second kappa shape index (κ2) is 5.73. The summed E-state index contributed by atoms with van der Waals surface area (Å²) in [7, 11) is 0. The van der Waals surface area contributed by atoms with Crippen LogP contribution in [0.2, 0.25) is 0 Å². The molecule has 6 nitrogen and oxygen atoms in total. The van der Waals surface area contributed by atoms with Gasteiger partial charge in [0, 0.05) is 17.6 Å². The smallest absolute Gasteiger partial charge is 0.262 e. The zero-order valence-corrected chi connectivity index (χ0v) is 11.7. The van der Waals surface area contributed by atoms with E-state index in [-0.39, 0.29) is 30.4 Å². The van der Waals surface area contributed by atoms with E-state index < -0.39 is 0 Å². The fourth-order valence-corrected chi connectivity index (χ4v) is 2.87. The molecule has 0 spiro atoms. The monoisotopic (exact) mass is 289 g/mol. The summed E-state index contributed by atoms with van der Waals surface area (Å²) in [6.07, 6.45) is 3.60. The summed E-state index contributed by atoms with van der Waals surface area (Å²) >= 11 is 0. The average Bonchev–Trinajstić information content (AvgIpc) is 2.46. The van der Waals surface area contributed by atoms with Crippen molar-refractivity contribution in [1.82, 2.24) is 0 Å². The Morgan fingerprint density at radius 2 is 2.24 bits per heavy atom. The number of carbonyl (C=O) groups excluding carboxylic acids is 2. The van der Waals surface area contributed by atoms with Crippen molar-refractivity contribution in [2.45, 2.75) is 31.7 Å². The molecule has 1 saturated carbocycles. The van der Waals surface area contributed by atoms with Gasteiger partial charge in [-0.2, -0.15) is 0 Å². The number of carbonyl (C=O) groups is 2. The van der Waals surface area contributed by atoms with Crippen molar-refractivity contribution in [2.75, 3.05) is 17.2 Å². The maximum absolute atomic E-state index is 12.3. The van der Waals surface area contributed by atoms with Crippen LogP contribution in [-0.2, 0) is 9.59 Å². The quantitative estimate of drug-likeness (QED) is 0.768. The van der Waals surface area contributed by atoms with Gasteiger partial charge in [0.25, 0.3) is 5.91 Å². The van der Waals surface area contributed by atoms with Gasteiger partial charge in [0.1, 0.15) is 5.75 Å². The largest absolute Gasteiger partial charge is 0.482 e. The number of fused-ring (bicyclic) bond motifs is 1. The Morgan fingerprint density at radius 1 is 1.38 bits per heavy atom. The average molecular weight is 289 g/mol. The molecule has 4 N–H and O–H groups in total. The number of rotatable bonds is 2. The first kappa shape index (κ1) is 13.9. The summed E-state index contributed by atoms with van der Waals surface area (Å²) in [5, 5.41) is 5.62. The molecule has 1 aliphatic heterocycles. The summed E-state index contributed by atoms with van der Waals surface area (Å²) in [5.74, 6) is 0.389. The molecular weight excluding hydrogens is 270 g/mol. The number of hydrogen-bond donors (Lipinski definition) is 3. The summed E-state index contributed by atoms with van der Waals surface area (Å²) in [6.45, 7) is 0.0265. The van der Waals surface area contributed by atoms with E-state index in [1.54, 1.807) is 18.2 Å². The molecule has 0 aromatic heterocycles. The van der Waals surface area contributed by atoms with Crippen LogP contribution in [0.15, 0.2) is 18.2 Å². The van der Waals surface area contributed by atoms with Gasteiger partial charge in [-0.3, -0.25) is 9.59 Å². The lowest BCUT2D eigenvalue weighted by atomic mass is 9.85. The molecule has 2 unspecified atom stereocenters. The van der Waals surface area contributed by atoms with Gasteiger partial charge in [0.2, 0.25) is 5.91 Å². The Kier molecular flexibility index (Phi) is 3.79. The first-order valence-corrected chi connectivity index (χ1v) is 7.25. The lowest BCUT2D eigenvalue weighted by Crippen LogP contribution is -2.34. The number of hydrogen-bond acceptors (Lipinski definition) is 4. The Balaban J connectivity index is 1.68. The fourth-order valence-electron chi connectivity index (χ4n) is 2.87. The van der Waals surface area contributed by atoms with Gasteiger partial charge in [-0.05, 0) is 37.5 Å². The van der Waals surface area contributed by atoms with Crippen molar-refractivity contribution < 1.29 is 14.3 Å². The van der Waals surface area contributed by atoms with E-state index in [2.05, 4.69) is 10.6 Å². The van der Waals surface area contributed by atoms with E-state index in [4.69, 9.17) is 10.5 Å². The maximum Gasteiger partial charge on any atom is 0.262 e. The Morgan fingerprint density at radius 3 is 3.05 bits per heavy atom. The van der Waals surface area contributed by atoms with Crippen LogP contribution in [0.1, 0.15) is 25.7 Å². The maximum atomic E-state index is 12.3. The van der Waals surface area contributed by atoms with Crippen molar-refractivity contribution in [3.05, 3.63) is 18.2 Å². The fraction of sp³-hybridized carbons (Fsp3) is 0.467. The minimum absolute atomic E-state index is 0.00634. The first-order valence-electron chi connectivity index (χ1n) is 7.25. The molecule has 2 amide bonds. The highest BCUT2D eigenvalue weighted by Crippen LogP contribution is 2.31. The van der Waals surface area contributed by atoms with E-state index in [0.29, 0.717) is 17.1 Å². The third-order valence-corrected chi connectivity index (χ3v) is 3.97. The van der Waals surface area contributed by atoms with Crippen LogP contribution in [0.25, 0.3) is 0 Å². The molecular formula is C15H19N3O3. The molecule has 1 aromatic carbocycles. The number of anilines is 2. The highest BCUT2D eigenvalue weighted by molar-refractivity contribution is 5.98. The van der Waals surface area contributed by atoms with Crippen molar-refractivity contribution in [1.29, 1.82) is 0 Å². The van der Waals surface area contributed by atoms with Crippen molar-refractivity contribution in [2.24, 2.45) is 11.7 Å². The minimum Gasteiger partial charge on any atom is -0.482 e. The lowest BCUT2D eigenvalue weighted by molar-refractivity contribution is -0.121. The zero-order chi connectivity index (χ0) is 14.8. The standard InChI is InChI=1S/C15H19N3O3/c16-10-3-1-2-9(6-10)15(20)17-11-4-5-13-12(7-11)18-14(19)8-21-13/h4-5,7,9-10H,1-3,6,8,16H2,(H,17,20)(H,18,19). The summed E-state index contributed by atoms with van der Waals surface area (Å²) in [5.41, 5.74) is 7.16. The van der Waals surface area contributed by atoms with Crippen LogP contribution in [0.5, 0.6) is 5.75 Å². The molecule has 0 bridgehead atoms. The molecule has 1 fully saturated rings. The van der Waals surface area contributed by atoms with Gasteiger partial charge in [0.15, 0.2) is 6.61 Å². The summed E-state index contributed by atoms with van der Waals surface area (Å²) in [6, 6.07) is 5.35. The molecule has 2 atom stereocenters. The lowest BCUT2D eigenvalue weighted by Gasteiger charge is -2.26. The molecule has 112 valence electrons. The normalized spacial score (nSPS) is 24.5. The molecule has 1 aliphatic carbocycles. The third-order valence-electron chi connectivity index (χ3n) is 3.97. The van der Waals surface area contributed by atoms with Crippen LogP contribution in [0, 0.1) is 5.92 Å². The first-order chi connectivity index (χ1) is 10.1. The molecule has 3 rings (SSSR count). The molecule has 0 saturated heterocycles. The molecule has 6 heteroatoms. The van der Waals surface area contributed by atoms with Gasteiger partial charge in [-0.1, -0.05) is 6.42 Å². The molecule has 1 heterocycles. The topological polar surface area (TPSA) is 93.5 Å². The predicted octanol–water partition coefficient (Wildman–Crippen LogP) is 1.47. The van der Waals surface area contributed by atoms with Gasteiger partial charge < -0.3 is 21.1 Å². The summed E-state index contributed by atoms with van der Waals surface area (Å²) in [4.78, 5) is 23.6. The van der Waals surface area contributed by atoms with Crippen molar-refractivity contribution in [3.63, 3.8) is 0 Å². The number of nitrogens with one attached hydrogen (secondary N) is 2. The predicted molar refractivity (Wildman–Crippen MR) is 79.1 cm³/mol. The third kappa shape index (κ3) is 3.16. The minimum atomic E-state index is -0.191. The van der Waals surface area contributed by atoms with Gasteiger partial charge in [0.05, 0.1) is 5.69 Å². The van der Waals surface area contributed by atoms with Crippen LogP contribution in [0.3, 0.4) is 0 Å². The van der Waals surface area contributed by atoms with Crippen molar-refractivity contribution >= 4 is 23.2 Å². The van der Waals surface area contributed by atoms with E-state index in [9.17, 15) is 9.59 Å². The zero-order valence-electron chi connectivity index (χ0n) is 11.7. The van der Waals surface area contributed by atoms with Gasteiger partial charge in [-0.25, -0.2) is 0 Å². The van der Waals surface area contributed by atoms with Gasteiger partial charge >= 0.3 is 0 Å². The Bertz CT molecular complexity index is 573. The molecule has 0 radical (unpaired) electrons. The van der Waals surface area contributed by atoms with E-state index in [1.165, 1.54) is 0 Å². The molecule has 2 aliphatic rings. The van der Waals surface area contributed by atoms with Gasteiger partial charge in [-0.15, -0.1) is 0 Å². The van der Waals surface area contributed by atoms with Crippen LogP contribution in [-0.4, -0.2) is 24.5 Å². The second-order valence-corrected chi connectivity index (χ2v) is 5.66. The second-order valence-electron chi connectivity index (χ2n) is 5.66. The highest BCUT2D eigenvalue weighted by atomic mass is 16.5. The van der Waals surface area contributed by atoms with E-state index >= 15 is 0 Å². The number of ether oxygens (including phenoxy) is 1. The Hall–Kier alpha value is -2.08. The van der Waals surface area contributed by atoms with E-state index in [0.717, 1.165) is 25.7 Å². The van der Waals surface area contributed by atoms with E-state index in [1.807, 2.05) is 0 Å². The number of benzene rings is 1. The number of nitrogens with two attached hydrogens (primary N) is 1. The molecule has 1 aromatic rings. The molecule has 21 heavy (non-hydrogen) atoms. The SMILES string of the molecule is NC1CCCC(C(=O)Nc2ccc3c(c2)NC(=O)CO3)C1. The van der Waals surface area contributed by atoms with Crippen molar-refractivity contribution in [3.8, 4) is 5.75 Å². The van der Waals surface area contributed by atoms with Crippen LogP contribution < -0.4 is 21.1 Å².